The van der Waals surface area contributed by atoms with Gasteiger partial charge in [0.2, 0.25) is 0 Å². The SMILES string of the molecule is COc1ccc(C=Cc2nc3sc4c(c3c(=O)[nH]2)CCCC4)cc1OCc1ccccc1. The third kappa shape index (κ3) is 4.18. The average molecular weight is 445 g/mol. The smallest absolute Gasteiger partial charge is 0.260 e. The molecule has 5 rings (SSSR count). The monoisotopic (exact) mass is 444 g/mol. The first-order chi connectivity index (χ1) is 15.7. The largest absolute Gasteiger partial charge is 0.493 e. The Kier molecular flexibility index (Phi) is 5.77. The molecule has 2 aromatic heterocycles. The molecule has 2 aromatic carbocycles. The second-order valence-corrected chi connectivity index (χ2v) is 8.94. The standard InChI is InChI=1S/C26H24N2O3S/c1-30-20-13-11-17(15-21(20)31-16-18-7-3-2-4-8-18)12-14-23-27-25(29)24-19-9-5-6-10-22(19)32-26(24)28-23/h2-4,7-8,11-15H,5-6,9-10,16H2,1H3,(H,27,28,29). The Morgan fingerprint density at radius 2 is 1.91 bits per heavy atom. The van der Waals surface area contributed by atoms with Crippen LogP contribution in [0.25, 0.3) is 22.4 Å². The molecule has 0 saturated heterocycles. The van der Waals surface area contributed by atoms with Gasteiger partial charge in [0.05, 0.1) is 12.5 Å². The highest BCUT2D eigenvalue weighted by Gasteiger charge is 2.19. The maximum Gasteiger partial charge on any atom is 0.260 e. The number of benzene rings is 2. The fourth-order valence-corrected chi connectivity index (χ4v) is 5.35. The number of methoxy groups -OCH3 is 1. The van der Waals surface area contributed by atoms with Crippen LogP contribution in [0.3, 0.4) is 0 Å². The first kappa shape index (κ1) is 20.5. The van der Waals surface area contributed by atoms with Crippen molar-refractivity contribution < 1.29 is 9.47 Å². The van der Waals surface area contributed by atoms with Crippen molar-refractivity contribution >= 4 is 33.7 Å². The second kappa shape index (κ2) is 9.01. The van der Waals surface area contributed by atoms with Crippen molar-refractivity contribution in [2.24, 2.45) is 0 Å². The van der Waals surface area contributed by atoms with Crippen LogP contribution in [0.2, 0.25) is 0 Å². The quantitative estimate of drug-likeness (QED) is 0.419. The van der Waals surface area contributed by atoms with Gasteiger partial charge in [-0.3, -0.25) is 4.79 Å². The minimum absolute atomic E-state index is 0.0457. The van der Waals surface area contributed by atoms with Gasteiger partial charge in [0, 0.05) is 4.88 Å². The summed E-state index contributed by atoms with van der Waals surface area (Å²) in [5, 5.41) is 0.780. The number of aryl methyl sites for hydroxylation is 2. The molecular weight excluding hydrogens is 420 g/mol. The molecule has 0 saturated carbocycles. The Bertz CT molecular complexity index is 1340. The van der Waals surface area contributed by atoms with E-state index in [-0.39, 0.29) is 5.56 Å². The van der Waals surface area contributed by atoms with Gasteiger partial charge in [-0.05, 0) is 60.6 Å². The molecule has 0 radical (unpaired) electrons. The Morgan fingerprint density at radius 3 is 2.75 bits per heavy atom. The van der Waals surface area contributed by atoms with E-state index in [1.54, 1.807) is 18.4 Å². The number of hydrogen-bond acceptors (Lipinski definition) is 5. The number of aromatic nitrogens is 2. The van der Waals surface area contributed by atoms with E-state index < -0.39 is 0 Å². The van der Waals surface area contributed by atoms with Gasteiger partial charge in [-0.1, -0.05) is 42.5 Å². The van der Waals surface area contributed by atoms with E-state index in [0.717, 1.165) is 40.6 Å². The molecule has 0 aliphatic heterocycles. The summed E-state index contributed by atoms with van der Waals surface area (Å²) in [7, 11) is 1.63. The number of nitrogens with zero attached hydrogens (tertiary/aromatic N) is 1. The van der Waals surface area contributed by atoms with Crippen LogP contribution in [0, 0.1) is 0 Å². The van der Waals surface area contributed by atoms with E-state index in [1.807, 2.05) is 60.7 Å². The topological polar surface area (TPSA) is 64.2 Å². The molecule has 1 N–H and O–H groups in total. The Labute approximate surface area is 190 Å². The van der Waals surface area contributed by atoms with Crippen molar-refractivity contribution in [3.8, 4) is 11.5 Å². The van der Waals surface area contributed by atoms with Gasteiger partial charge in [0.15, 0.2) is 11.5 Å². The van der Waals surface area contributed by atoms with E-state index in [1.165, 1.54) is 16.9 Å². The van der Waals surface area contributed by atoms with Crippen molar-refractivity contribution in [2.45, 2.75) is 32.3 Å². The number of H-pyrrole nitrogens is 1. The summed E-state index contributed by atoms with van der Waals surface area (Å²) in [6.07, 6.45) is 8.13. The average Bonchev–Trinajstić information content (AvgIpc) is 3.21. The summed E-state index contributed by atoms with van der Waals surface area (Å²) in [5.41, 5.74) is 3.18. The summed E-state index contributed by atoms with van der Waals surface area (Å²) in [4.78, 5) is 22.5. The summed E-state index contributed by atoms with van der Waals surface area (Å²) >= 11 is 1.66. The predicted molar refractivity (Wildman–Crippen MR) is 130 cm³/mol. The maximum atomic E-state index is 12.7. The zero-order chi connectivity index (χ0) is 21.9. The molecule has 162 valence electrons. The van der Waals surface area contributed by atoms with Gasteiger partial charge in [0.1, 0.15) is 17.3 Å². The van der Waals surface area contributed by atoms with Crippen LogP contribution in [-0.2, 0) is 19.4 Å². The number of rotatable bonds is 6. The van der Waals surface area contributed by atoms with Gasteiger partial charge in [-0.15, -0.1) is 11.3 Å². The molecular formula is C26H24N2O3S. The van der Waals surface area contributed by atoms with E-state index in [2.05, 4.69) is 4.98 Å². The Hall–Kier alpha value is -3.38. The lowest BCUT2D eigenvalue weighted by atomic mass is 9.97. The zero-order valence-corrected chi connectivity index (χ0v) is 18.7. The predicted octanol–water partition coefficient (Wildman–Crippen LogP) is 5.62. The number of thiophene rings is 1. The van der Waals surface area contributed by atoms with Crippen molar-refractivity contribution in [1.82, 2.24) is 9.97 Å². The van der Waals surface area contributed by atoms with Gasteiger partial charge in [-0.2, -0.15) is 0 Å². The van der Waals surface area contributed by atoms with Crippen LogP contribution in [0.5, 0.6) is 11.5 Å². The number of hydrogen-bond donors (Lipinski definition) is 1. The molecule has 0 atom stereocenters. The van der Waals surface area contributed by atoms with Crippen molar-refractivity contribution in [1.29, 1.82) is 0 Å². The molecule has 32 heavy (non-hydrogen) atoms. The fourth-order valence-electron chi connectivity index (χ4n) is 4.08. The Morgan fingerprint density at radius 1 is 1.06 bits per heavy atom. The fraction of sp³-hybridized carbons (Fsp3) is 0.231. The molecule has 5 nitrogen and oxygen atoms in total. The van der Waals surface area contributed by atoms with Crippen molar-refractivity contribution in [2.75, 3.05) is 7.11 Å². The van der Waals surface area contributed by atoms with Gasteiger partial charge in [0.25, 0.3) is 5.56 Å². The van der Waals surface area contributed by atoms with Gasteiger partial charge < -0.3 is 14.5 Å². The maximum absolute atomic E-state index is 12.7. The lowest BCUT2D eigenvalue weighted by Crippen LogP contribution is -2.11. The minimum atomic E-state index is -0.0457. The third-order valence-corrected chi connectivity index (χ3v) is 6.89. The number of ether oxygens (including phenoxy) is 2. The molecule has 0 amide bonds. The highest BCUT2D eigenvalue weighted by Crippen LogP contribution is 2.34. The van der Waals surface area contributed by atoms with Crippen molar-refractivity contribution in [3.05, 3.63) is 86.3 Å². The van der Waals surface area contributed by atoms with Crippen LogP contribution >= 0.6 is 11.3 Å². The highest BCUT2D eigenvalue weighted by molar-refractivity contribution is 7.18. The van der Waals surface area contributed by atoms with Crippen LogP contribution in [-0.4, -0.2) is 17.1 Å². The third-order valence-electron chi connectivity index (χ3n) is 5.70. The van der Waals surface area contributed by atoms with E-state index >= 15 is 0 Å². The summed E-state index contributed by atoms with van der Waals surface area (Å²) in [6.45, 7) is 0.457. The first-order valence-corrected chi connectivity index (χ1v) is 11.6. The molecule has 0 bridgehead atoms. The van der Waals surface area contributed by atoms with Crippen LogP contribution < -0.4 is 15.0 Å². The lowest BCUT2D eigenvalue weighted by Gasteiger charge is -2.11. The molecule has 1 aliphatic carbocycles. The molecule has 0 fully saturated rings. The second-order valence-electron chi connectivity index (χ2n) is 7.86. The van der Waals surface area contributed by atoms with Gasteiger partial charge >= 0.3 is 0 Å². The normalized spacial score (nSPS) is 13.4. The first-order valence-electron chi connectivity index (χ1n) is 10.8. The van der Waals surface area contributed by atoms with Crippen LogP contribution in [0.1, 0.15) is 40.2 Å². The van der Waals surface area contributed by atoms with Crippen molar-refractivity contribution in [3.63, 3.8) is 0 Å². The van der Waals surface area contributed by atoms with Crippen LogP contribution in [0.15, 0.2) is 53.3 Å². The zero-order valence-electron chi connectivity index (χ0n) is 17.9. The van der Waals surface area contributed by atoms with E-state index in [0.29, 0.717) is 23.9 Å². The molecule has 6 heteroatoms. The molecule has 0 unspecified atom stereocenters. The number of aromatic amines is 1. The number of fused-ring (bicyclic) bond motifs is 3. The lowest BCUT2D eigenvalue weighted by molar-refractivity contribution is 0.284. The highest BCUT2D eigenvalue weighted by atomic mass is 32.1. The van der Waals surface area contributed by atoms with E-state index in [4.69, 9.17) is 14.5 Å². The number of nitrogens with one attached hydrogen (secondary N) is 1. The van der Waals surface area contributed by atoms with Crippen LogP contribution in [0.4, 0.5) is 0 Å². The minimum Gasteiger partial charge on any atom is -0.493 e. The molecule has 1 aliphatic rings. The molecule has 0 spiro atoms. The molecule has 4 aromatic rings. The summed E-state index contributed by atoms with van der Waals surface area (Å²) < 4.78 is 11.4. The molecule has 2 heterocycles. The van der Waals surface area contributed by atoms with Gasteiger partial charge in [-0.25, -0.2) is 4.98 Å². The summed E-state index contributed by atoms with van der Waals surface area (Å²) in [6, 6.07) is 15.8. The summed E-state index contributed by atoms with van der Waals surface area (Å²) in [5.74, 6) is 1.90. The Balaban J connectivity index is 1.40. The van der Waals surface area contributed by atoms with E-state index in [9.17, 15) is 4.79 Å².